The highest BCUT2D eigenvalue weighted by molar-refractivity contribution is 8.19. The van der Waals surface area contributed by atoms with E-state index in [9.17, 15) is 4.79 Å². The Morgan fingerprint density at radius 3 is 2.36 bits per heavy atom. The predicted octanol–water partition coefficient (Wildman–Crippen LogP) is 0.736. The molecule has 0 bridgehead atoms. The highest BCUT2D eigenvalue weighted by Crippen LogP contribution is 2.30. The summed E-state index contributed by atoms with van der Waals surface area (Å²) in [6, 6.07) is 0. The van der Waals surface area contributed by atoms with Gasteiger partial charge in [-0.2, -0.15) is 0 Å². The van der Waals surface area contributed by atoms with Crippen LogP contribution in [0.5, 0.6) is 0 Å². The first-order valence-corrected chi connectivity index (χ1v) is 4.88. The van der Waals surface area contributed by atoms with Crippen molar-refractivity contribution in [1.82, 2.24) is 5.32 Å². The maximum atomic E-state index is 10.6. The van der Waals surface area contributed by atoms with E-state index in [-0.39, 0.29) is 18.2 Å². The summed E-state index contributed by atoms with van der Waals surface area (Å²) in [5.41, 5.74) is 0. The molecule has 5 nitrogen and oxygen atoms in total. The van der Waals surface area contributed by atoms with Crippen LogP contribution in [0.25, 0.3) is 0 Å². The Balaban J connectivity index is 3.35. The fraction of sp³-hybridized carbons (Fsp3) is 0.800. The molecule has 0 aliphatic carbocycles. The molecule has 0 radical (unpaired) electrons. The van der Waals surface area contributed by atoms with Gasteiger partial charge in [-0.1, -0.05) is 6.92 Å². The SMILES string of the molecule is CCC(=O)NCCS(O)(O)O. The molecule has 1 amide bonds. The zero-order valence-corrected chi connectivity index (χ0v) is 7.10. The summed E-state index contributed by atoms with van der Waals surface area (Å²) in [6.07, 6.45) is 0.352. The molecule has 0 aromatic rings. The van der Waals surface area contributed by atoms with Crippen LogP contribution in [0.15, 0.2) is 0 Å². The van der Waals surface area contributed by atoms with E-state index >= 15 is 0 Å². The summed E-state index contributed by atoms with van der Waals surface area (Å²) < 4.78 is 25.3. The van der Waals surface area contributed by atoms with E-state index in [4.69, 9.17) is 13.7 Å². The van der Waals surface area contributed by atoms with E-state index in [1.807, 2.05) is 0 Å². The van der Waals surface area contributed by atoms with Gasteiger partial charge < -0.3 is 19.0 Å². The third-order valence-electron chi connectivity index (χ3n) is 1.02. The summed E-state index contributed by atoms with van der Waals surface area (Å²) in [7, 11) is -3.44. The second kappa shape index (κ2) is 4.55. The van der Waals surface area contributed by atoms with Crippen molar-refractivity contribution in [2.45, 2.75) is 13.3 Å². The normalized spacial score (nSPS) is 12.7. The Morgan fingerprint density at radius 1 is 1.45 bits per heavy atom. The number of hydrogen-bond donors (Lipinski definition) is 4. The molecule has 0 saturated carbocycles. The maximum absolute atomic E-state index is 10.6. The molecule has 68 valence electrons. The van der Waals surface area contributed by atoms with Crippen molar-refractivity contribution < 1.29 is 18.5 Å². The topological polar surface area (TPSA) is 89.8 Å². The van der Waals surface area contributed by atoms with Crippen LogP contribution < -0.4 is 5.32 Å². The largest absolute Gasteiger partial charge is 0.355 e. The molecular weight excluding hydrogens is 170 g/mol. The smallest absolute Gasteiger partial charge is 0.219 e. The lowest BCUT2D eigenvalue weighted by molar-refractivity contribution is -0.120. The van der Waals surface area contributed by atoms with Gasteiger partial charge in [-0.05, 0) is 0 Å². The van der Waals surface area contributed by atoms with Crippen molar-refractivity contribution in [3.8, 4) is 0 Å². The molecular formula is C5H13NO4S. The molecule has 0 spiro atoms. The molecule has 0 aliphatic rings. The minimum absolute atomic E-state index is 0.0888. The molecule has 0 rings (SSSR count). The Morgan fingerprint density at radius 2 is 2.00 bits per heavy atom. The van der Waals surface area contributed by atoms with Gasteiger partial charge in [0.25, 0.3) is 0 Å². The van der Waals surface area contributed by atoms with E-state index in [2.05, 4.69) is 5.32 Å². The van der Waals surface area contributed by atoms with Crippen molar-refractivity contribution in [1.29, 1.82) is 0 Å². The average molecular weight is 183 g/mol. The molecule has 0 fully saturated rings. The fourth-order valence-electron chi connectivity index (χ4n) is 0.452. The van der Waals surface area contributed by atoms with Crippen LogP contribution in [0, 0.1) is 0 Å². The zero-order chi connectivity index (χ0) is 8.91. The number of amides is 1. The van der Waals surface area contributed by atoms with Crippen molar-refractivity contribution in [3.63, 3.8) is 0 Å². The summed E-state index contributed by atoms with van der Waals surface area (Å²) in [6.45, 7) is 1.78. The summed E-state index contributed by atoms with van der Waals surface area (Å²) in [5.74, 6) is -0.382. The minimum Gasteiger partial charge on any atom is -0.355 e. The second-order valence-corrected chi connectivity index (χ2v) is 3.71. The van der Waals surface area contributed by atoms with Crippen LogP contribution in [0.2, 0.25) is 0 Å². The second-order valence-electron chi connectivity index (χ2n) is 2.04. The number of carbonyl (C=O) groups excluding carboxylic acids is 1. The van der Waals surface area contributed by atoms with Gasteiger partial charge >= 0.3 is 0 Å². The van der Waals surface area contributed by atoms with Crippen LogP contribution in [0.4, 0.5) is 0 Å². The molecule has 0 aliphatic heterocycles. The van der Waals surface area contributed by atoms with Crippen LogP contribution in [0.1, 0.15) is 13.3 Å². The average Bonchev–Trinajstić information content (AvgIpc) is 1.85. The number of rotatable bonds is 4. The van der Waals surface area contributed by atoms with Crippen LogP contribution in [-0.2, 0) is 4.79 Å². The molecule has 0 saturated heterocycles. The van der Waals surface area contributed by atoms with E-state index in [0.29, 0.717) is 6.42 Å². The lowest BCUT2D eigenvalue weighted by Crippen LogP contribution is -2.27. The Kier molecular flexibility index (Phi) is 4.43. The third kappa shape index (κ3) is 7.60. The molecule has 0 atom stereocenters. The Bertz CT molecular complexity index is 133. The van der Waals surface area contributed by atoms with Gasteiger partial charge in [0.05, 0.1) is 16.6 Å². The van der Waals surface area contributed by atoms with Gasteiger partial charge in [0, 0.05) is 13.0 Å². The number of nitrogens with one attached hydrogen (secondary N) is 1. The van der Waals surface area contributed by atoms with Gasteiger partial charge in [0.2, 0.25) is 5.91 Å². The van der Waals surface area contributed by atoms with E-state index in [1.54, 1.807) is 6.92 Å². The van der Waals surface area contributed by atoms with E-state index in [0.717, 1.165) is 0 Å². The molecule has 6 heteroatoms. The van der Waals surface area contributed by atoms with E-state index < -0.39 is 10.9 Å². The highest BCUT2D eigenvalue weighted by atomic mass is 32.3. The molecule has 0 heterocycles. The van der Waals surface area contributed by atoms with Crippen molar-refractivity contribution in [2.75, 3.05) is 12.3 Å². The van der Waals surface area contributed by atoms with Gasteiger partial charge in [-0.15, -0.1) is 0 Å². The summed E-state index contributed by atoms with van der Waals surface area (Å²) in [5, 5.41) is 2.39. The van der Waals surface area contributed by atoms with Gasteiger partial charge in [0.15, 0.2) is 0 Å². The molecule has 4 N–H and O–H groups in total. The molecule has 0 aromatic carbocycles. The minimum atomic E-state index is -3.44. The first-order chi connectivity index (χ1) is 4.95. The van der Waals surface area contributed by atoms with Crippen molar-refractivity contribution in [3.05, 3.63) is 0 Å². The predicted molar refractivity (Wildman–Crippen MR) is 43.6 cm³/mol. The Labute approximate surface area is 67.0 Å². The molecule has 0 aromatic heterocycles. The van der Waals surface area contributed by atoms with Crippen molar-refractivity contribution in [2.24, 2.45) is 0 Å². The summed E-state index contributed by atoms with van der Waals surface area (Å²) >= 11 is 0. The zero-order valence-electron chi connectivity index (χ0n) is 6.28. The van der Waals surface area contributed by atoms with E-state index in [1.165, 1.54) is 0 Å². The quantitative estimate of drug-likeness (QED) is 0.517. The van der Waals surface area contributed by atoms with Crippen molar-refractivity contribution >= 4 is 16.8 Å². The van der Waals surface area contributed by atoms with Crippen LogP contribution in [-0.4, -0.2) is 31.9 Å². The lowest BCUT2D eigenvalue weighted by atomic mass is 10.4. The number of carbonyl (C=O) groups is 1. The van der Waals surface area contributed by atoms with Gasteiger partial charge in [0.1, 0.15) is 0 Å². The first kappa shape index (κ1) is 10.7. The van der Waals surface area contributed by atoms with Crippen LogP contribution >= 0.6 is 10.9 Å². The highest BCUT2D eigenvalue weighted by Gasteiger charge is 2.10. The van der Waals surface area contributed by atoms with Gasteiger partial charge in [-0.3, -0.25) is 4.79 Å². The maximum Gasteiger partial charge on any atom is 0.219 e. The van der Waals surface area contributed by atoms with Crippen LogP contribution in [0.3, 0.4) is 0 Å². The third-order valence-corrected chi connectivity index (χ3v) is 1.77. The standard InChI is InChI=1S/C5H13NO4S/c1-2-5(7)6-3-4-11(8,9)10/h8-10H,2-4H2,1H3,(H,6,7). The monoisotopic (exact) mass is 183 g/mol. The Hall–Kier alpha value is -0.300. The molecule has 0 unspecified atom stereocenters. The lowest BCUT2D eigenvalue weighted by Gasteiger charge is -2.18. The summed E-state index contributed by atoms with van der Waals surface area (Å²) in [4.78, 5) is 10.6. The number of hydrogen-bond acceptors (Lipinski definition) is 4. The molecule has 11 heavy (non-hydrogen) atoms. The fourth-order valence-corrected chi connectivity index (χ4v) is 0.828. The van der Waals surface area contributed by atoms with Gasteiger partial charge in [-0.25, -0.2) is 0 Å². The first-order valence-electron chi connectivity index (χ1n) is 3.20.